The van der Waals surface area contributed by atoms with Crippen molar-refractivity contribution in [2.75, 3.05) is 14.2 Å². The number of amides is 1. The number of alkyl halides is 1. The molecular formula is C13H25FN2O5. The molecule has 0 unspecified atom stereocenters. The van der Waals surface area contributed by atoms with E-state index in [9.17, 15) is 19.4 Å². The van der Waals surface area contributed by atoms with E-state index in [4.69, 9.17) is 15.2 Å². The summed E-state index contributed by atoms with van der Waals surface area (Å²) in [6.07, 6.45) is -5.44. The first kappa shape index (κ1) is 18.2. The van der Waals surface area contributed by atoms with Gasteiger partial charge < -0.3 is 30.7 Å². The normalized spacial score (nSPS) is 36.0. The first-order valence-electron chi connectivity index (χ1n) is 6.99. The maximum Gasteiger partial charge on any atom is 0.252 e. The van der Waals surface area contributed by atoms with Gasteiger partial charge in [-0.05, 0) is 12.8 Å². The molecule has 0 aliphatic heterocycles. The van der Waals surface area contributed by atoms with Gasteiger partial charge in [0.2, 0.25) is 0 Å². The molecule has 0 saturated heterocycles. The molecular weight excluding hydrogens is 283 g/mol. The lowest BCUT2D eigenvalue weighted by Crippen LogP contribution is -2.64. The summed E-state index contributed by atoms with van der Waals surface area (Å²) in [5, 5.41) is 22.2. The molecule has 1 fully saturated rings. The molecule has 1 rings (SSSR count). The SMILES string of the molecule is CC[C@@H](F)[C@H](O)C(=O)N[C@@H]1C[C@H](N)[C@@H](OC)[C@H](OC)[C@H]1O. The van der Waals surface area contributed by atoms with E-state index < -0.39 is 48.6 Å². The maximum absolute atomic E-state index is 13.3. The minimum Gasteiger partial charge on any atom is -0.388 e. The second-order valence-electron chi connectivity index (χ2n) is 5.27. The Kier molecular flexibility index (Phi) is 6.95. The lowest BCUT2D eigenvalue weighted by Gasteiger charge is -2.42. The van der Waals surface area contributed by atoms with Crippen molar-refractivity contribution < 1.29 is 28.9 Å². The van der Waals surface area contributed by atoms with Gasteiger partial charge in [-0.15, -0.1) is 0 Å². The van der Waals surface area contributed by atoms with E-state index in [0.29, 0.717) is 0 Å². The number of aliphatic hydroxyl groups is 2. The van der Waals surface area contributed by atoms with E-state index in [1.165, 1.54) is 21.1 Å². The second-order valence-corrected chi connectivity index (χ2v) is 5.27. The number of carbonyl (C=O) groups is 1. The van der Waals surface area contributed by atoms with Crippen LogP contribution in [0.4, 0.5) is 4.39 Å². The number of rotatable bonds is 6. The molecule has 0 bridgehead atoms. The molecule has 8 heteroatoms. The lowest BCUT2D eigenvalue weighted by atomic mass is 9.84. The molecule has 1 saturated carbocycles. The van der Waals surface area contributed by atoms with Gasteiger partial charge in [0.15, 0.2) is 6.10 Å². The zero-order valence-corrected chi connectivity index (χ0v) is 12.5. The highest BCUT2D eigenvalue weighted by Crippen LogP contribution is 2.24. The van der Waals surface area contributed by atoms with Gasteiger partial charge in [-0.2, -0.15) is 0 Å². The Bertz CT molecular complexity index is 347. The first-order valence-corrected chi connectivity index (χ1v) is 6.99. The third-order valence-corrected chi connectivity index (χ3v) is 3.89. The molecule has 124 valence electrons. The number of halogens is 1. The number of aliphatic hydroxyl groups excluding tert-OH is 2. The Morgan fingerprint density at radius 1 is 1.43 bits per heavy atom. The van der Waals surface area contributed by atoms with Crippen LogP contribution in [0.25, 0.3) is 0 Å². The quantitative estimate of drug-likeness (QED) is 0.485. The van der Waals surface area contributed by atoms with E-state index in [2.05, 4.69) is 5.32 Å². The monoisotopic (exact) mass is 308 g/mol. The summed E-state index contributed by atoms with van der Waals surface area (Å²) in [6, 6.07) is -1.19. The van der Waals surface area contributed by atoms with Crippen LogP contribution in [0.3, 0.4) is 0 Å². The largest absolute Gasteiger partial charge is 0.388 e. The average molecular weight is 308 g/mol. The Morgan fingerprint density at radius 3 is 2.48 bits per heavy atom. The molecule has 0 aromatic carbocycles. The predicted octanol–water partition coefficient (Wildman–Crippen LogP) is -1.30. The van der Waals surface area contributed by atoms with Crippen LogP contribution in [-0.2, 0) is 14.3 Å². The molecule has 21 heavy (non-hydrogen) atoms. The molecule has 0 aromatic heterocycles. The molecule has 0 spiro atoms. The summed E-state index contributed by atoms with van der Waals surface area (Å²) in [7, 11) is 2.86. The van der Waals surface area contributed by atoms with Crippen molar-refractivity contribution in [3.63, 3.8) is 0 Å². The number of nitrogens with one attached hydrogen (secondary N) is 1. The fourth-order valence-corrected chi connectivity index (χ4v) is 2.62. The van der Waals surface area contributed by atoms with Crippen molar-refractivity contribution in [2.45, 2.75) is 62.4 Å². The standard InChI is InChI=1S/C13H25FN2O5/c1-4-6(14)9(17)13(19)16-8-5-7(15)11(20-2)12(21-3)10(8)18/h6-12,17-18H,4-5,15H2,1-3H3,(H,16,19)/t6-,7+,8-,9+,10+,11-,12-/m1/s1. The topological polar surface area (TPSA) is 114 Å². The minimum atomic E-state index is -1.76. The van der Waals surface area contributed by atoms with Crippen molar-refractivity contribution >= 4 is 5.91 Å². The van der Waals surface area contributed by atoms with Gasteiger partial charge in [-0.25, -0.2) is 4.39 Å². The smallest absolute Gasteiger partial charge is 0.252 e. The van der Waals surface area contributed by atoms with Crippen LogP contribution in [0.15, 0.2) is 0 Å². The molecule has 0 radical (unpaired) electrons. The summed E-state index contributed by atoms with van der Waals surface area (Å²) in [4.78, 5) is 11.8. The number of hydrogen-bond donors (Lipinski definition) is 4. The lowest BCUT2D eigenvalue weighted by molar-refractivity contribution is -0.147. The van der Waals surface area contributed by atoms with E-state index >= 15 is 0 Å². The van der Waals surface area contributed by atoms with Gasteiger partial charge in [0.1, 0.15) is 24.5 Å². The second kappa shape index (κ2) is 8.00. The van der Waals surface area contributed by atoms with Gasteiger partial charge in [0.25, 0.3) is 5.91 Å². The summed E-state index contributed by atoms with van der Waals surface area (Å²) in [5.74, 6) is -0.869. The maximum atomic E-state index is 13.3. The number of hydrogen-bond acceptors (Lipinski definition) is 6. The van der Waals surface area contributed by atoms with E-state index in [1.807, 2.05) is 0 Å². The van der Waals surface area contributed by atoms with Gasteiger partial charge in [0, 0.05) is 20.3 Å². The predicted molar refractivity (Wildman–Crippen MR) is 73.3 cm³/mol. The van der Waals surface area contributed by atoms with Gasteiger partial charge in [-0.1, -0.05) is 6.92 Å². The highest BCUT2D eigenvalue weighted by molar-refractivity contribution is 5.81. The van der Waals surface area contributed by atoms with Crippen LogP contribution < -0.4 is 11.1 Å². The zero-order valence-electron chi connectivity index (χ0n) is 12.5. The summed E-state index contributed by atoms with van der Waals surface area (Å²) < 4.78 is 23.7. The van der Waals surface area contributed by atoms with Crippen LogP contribution >= 0.6 is 0 Å². The zero-order chi connectivity index (χ0) is 16.2. The van der Waals surface area contributed by atoms with Crippen molar-refractivity contribution in [3.8, 4) is 0 Å². The molecule has 0 heterocycles. The molecule has 7 nitrogen and oxygen atoms in total. The molecule has 0 aromatic rings. The fraction of sp³-hybridized carbons (Fsp3) is 0.923. The van der Waals surface area contributed by atoms with Crippen molar-refractivity contribution in [3.05, 3.63) is 0 Å². The Labute approximate surface area is 123 Å². The van der Waals surface area contributed by atoms with E-state index in [-0.39, 0.29) is 12.8 Å². The highest BCUT2D eigenvalue weighted by atomic mass is 19.1. The number of ether oxygens (including phenoxy) is 2. The van der Waals surface area contributed by atoms with Crippen LogP contribution in [0.1, 0.15) is 19.8 Å². The fourth-order valence-electron chi connectivity index (χ4n) is 2.62. The highest BCUT2D eigenvalue weighted by Gasteiger charge is 2.44. The first-order chi connectivity index (χ1) is 9.87. The summed E-state index contributed by atoms with van der Waals surface area (Å²) >= 11 is 0. The Hall–Kier alpha value is -0.800. The van der Waals surface area contributed by atoms with Crippen molar-refractivity contribution in [1.29, 1.82) is 0 Å². The third-order valence-electron chi connectivity index (χ3n) is 3.89. The van der Waals surface area contributed by atoms with Crippen molar-refractivity contribution in [2.24, 2.45) is 5.73 Å². The molecule has 1 amide bonds. The van der Waals surface area contributed by atoms with Crippen LogP contribution in [-0.4, -0.2) is 73.0 Å². The van der Waals surface area contributed by atoms with Gasteiger partial charge in [-0.3, -0.25) is 4.79 Å². The third kappa shape index (κ3) is 4.10. The van der Waals surface area contributed by atoms with Crippen LogP contribution in [0.5, 0.6) is 0 Å². The number of nitrogens with two attached hydrogens (primary N) is 1. The minimum absolute atomic E-state index is 0.0216. The van der Waals surface area contributed by atoms with Gasteiger partial charge in [0.05, 0.1) is 6.04 Å². The summed E-state index contributed by atoms with van der Waals surface area (Å²) in [5.41, 5.74) is 5.94. The van der Waals surface area contributed by atoms with E-state index in [1.54, 1.807) is 0 Å². The molecule has 1 aliphatic carbocycles. The number of methoxy groups -OCH3 is 2. The molecule has 1 aliphatic rings. The van der Waals surface area contributed by atoms with E-state index in [0.717, 1.165) is 0 Å². The van der Waals surface area contributed by atoms with Crippen LogP contribution in [0, 0.1) is 0 Å². The van der Waals surface area contributed by atoms with Crippen molar-refractivity contribution in [1.82, 2.24) is 5.32 Å². The number of carbonyl (C=O) groups excluding carboxylic acids is 1. The molecule has 7 atom stereocenters. The molecule has 5 N–H and O–H groups in total. The Morgan fingerprint density at radius 2 is 2.00 bits per heavy atom. The van der Waals surface area contributed by atoms with Gasteiger partial charge >= 0.3 is 0 Å². The average Bonchev–Trinajstić information content (AvgIpc) is 2.48. The van der Waals surface area contributed by atoms with Crippen LogP contribution in [0.2, 0.25) is 0 Å². The summed E-state index contributed by atoms with van der Waals surface area (Å²) in [6.45, 7) is 1.52. The Balaban J connectivity index is 2.73.